The maximum Gasteiger partial charge on any atom is 0.434 e. The number of alkyl halides is 3. The van der Waals surface area contributed by atoms with E-state index in [1.54, 1.807) is 0 Å². The second kappa shape index (κ2) is 5.45. The van der Waals surface area contributed by atoms with Crippen molar-refractivity contribution >= 4 is 28.3 Å². The molecule has 1 aromatic carbocycles. The van der Waals surface area contributed by atoms with Gasteiger partial charge in [0.1, 0.15) is 16.5 Å². The van der Waals surface area contributed by atoms with Gasteiger partial charge in [0.05, 0.1) is 23.5 Å². The lowest BCUT2D eigenvalue weighted by molar-refractivity contribution is -0.143. The van der Waals surface area contributed by atoms with Gasteiger partial charge in [0.15, 0.2) is 5.69 Å². The molecular weight excluding hydrogens is 354 g/mol. The fourth-order valence-electron chi connectivity index (χ4n) is 2.33. The number of aromatic carboxylic acids is 1. The summed E-state index contributed by atoms with van der Waals surface area (Å²) in [5.74, 6) is -2.56. The van der Waals surface area contributed by atoms with Gasteiger partial charge in [-0.3, -0.25) is 0 Å². The standard InChI is InChI=1S/C14H6ClF4N3O2/c15-12-10-6(2-1-3-8(10)16)9(5-20-12)22-11(14(17,18)19)7(4-21-22)13(23)24/h1-5H,(H,23,24). The number of carboxylic acids is 1. The lowest BCUT2D eigenvalue weighted by Gasteiger charge is -2.13. The van der Waals surface area contributed by atoms with Crippen LogP contribution in [-0.2, 0) is 6.18 Å². The largest absolute Gasteiger partial charge is 0.478 e. The van der Waals surface area contributed by atoms with Crippen molar-refractivity contribution in [3.63, 3.8) is 0 Å². The summed E-state index contributed by atoms with van der Waals surface area (Å²) >= 11 is 5.81. The molecule has 0 bridgehead atoms. The lowest BCUT2D eigenvalue weighted by atomic mass is 10.1. The van der Waals surface area contributed by atoms with E-state index in [4.69, 9.17) is 16.7 Å². The van der Waals surface area contributed by atoms with Gasteiger partial charge >= 0.3 is 12.1 Å². The highest BCUT2D eigenvalue weighted by molar-refractivity contribution is 6.34. The molecular formula is C14H6ClF4N3O2. The molecule has 0 unspecified atom stereocenters. The van der Waals surface area contributed by atoms with Gasteiger partial charge in [-0.25, -0.2) is 18.9 Å². The van der Waals surface area contributed by atoms with Crippen molar-refractivity contribution in [1.29, 1.82) is 0 Å². The molecule has 0 aliphatic heterocycles. The van der Waals surface area contributed by atoms with Crippen LogP contribution in [0.15, 0.2) is 30.6 Å². The zero-order valence-corrected chi connectivity index (χ0v) is 12.2. The Balaban J connectivity index is 2.40. The average Bonchev–Trinajstić information content (AvgIpc) is 2.92. The summed E-state index contributed by atoms with van der Waals surface area (Å²) in [6.07, 6.45) is -3.45. The number of rotatable bonds is 2. The van der Waals surface area contributed by atoms with Crippen LogP contribution in [0.25, 0.3) is 16.5 Å². The van der Waals surface area contributed by atoms with Gasteiger partial charge in [0, 0.05) is 5.39 Å². The predicted octanol–water partition coefficient (Wildman–Crippen LogP) is 3.93. The van der Waals surface area contributed by atoms with Gasteiger partial charge in [-0.15, -0.1) is 0 Å². The molecule has 0 radical (unpaired) electrons. The van der Waals surface area contributed by atoms with E-state index in [9.17, 15) is 22.4 Å². The Kier molecular flexibility index (Phi) is 3.67. The van der Waals surface area contributed by atoms with Crippen molar-refractivity contribution in [3.05, 3.63) is 52.8 Å². The molecule has 3 rings (SSSR count). The molecule has 10 heteroatoms. The molecule has 124 valence electrons. The van der Waals surface area contributed by atoms with Crippen molar-refractivity contribution in [1.82, 2.24) is 14.8 Å². The molecule has 0 atom stereocenters. The third kappa shape index (κ3) is 2.46. The minimum Gasteiger partial charge on any atom is -0.478 e. The van der Waals surface area contributed by atoms with Crippen LogP contribution >= 0.6 is 11.6 Å². The lowest BCUT2D eigenvalue weighted by Crippen LogP contribution is -2.17. The highest BCUT2D eigenvalue weighted by Crippen LogP contribution is 2.36. The number of hydrogen-bond donors (Lipinski definition) is 1. The molecule has 1 N–H and O–H groups in total. The van der Waals surface area contributed by atoms with Gasteiger partial charge in [-0.2, -0.15) is 18.3 Å². The minimum absolute atomic E-state index is 0.0144. The number of benzene rings is 1. The van der Waals surface area contributed by atoms with E-state index in [1.807, 2.05) is 0 Å². The number of nitrogens with zero attached hydrogens (tertiary/aromatic N) is 3. The van der Waals surface area contributed by atoms with Gasteiger partial charge in [-0.1, -0.05) is 23.7 Å². The van der Waals surface area contributed by atoms with Gasteiger partial charge in [0.25, 0.3) is 0 Å². The van der Waals surface area contributed by atoms with Crippen LogP contribution < -0.4 is 0 Å². The van der Waals surface area contributed by atoms with E-state index in [0.717, 1.165) is 12.3 Å². The number of carboxylic acid groups (broad SMARTS) is 1. The van der Waals surface area contributed by atoms with Crippen molar-refractivity contribution in [2.24, 2.45) is 0 Å². The Morgan fingerprint density at radius 3 is 2.58 bits per heavy atom. The smallest absolute Gasteiger partial charge is 0.434 e. The maximum absolute atomic E-state index is 13.9. The Morgan fingerprint density at radius 2 is 1.96 bits per heavy atom. The first-order valence-corrected chi connectivity index (χ1v) is 6.71. The molecule has 0 fully saturated rings. The van der Waals surface area contributed by atoms with E-state index in [-0.39, 0.29) is 21.6 Å². The Morgan fingerprint density at radius 1 is 1.25 bits per heavy atom. The van der Waals surface area contributed by atoms with Crippen molar-refractivity contribution in [2.45, 2.75) is 6.18 Å². The first-order chi connectivity index (χ1) is 11.2. The second-order valence-corrected chi connectivity index (χ2v) is 5.08. The summed E-state index contributed by atoms with van der Waals surface area (Å²) in [6.45, 7) is 0. The van der Waals surface area contributed by atoms with E-state index in [0.29, 0.717) is 10.9 Å². The van der Waals surface area contributed by atoms with Crippen LogP contribution in [0, 0.1) is 5.82 Å². The third-order valence-electron chi connectivity index (χ3n) is 3.29. The second-order valence-electron chi connectivity index (χ2n) is 4.72. The van der Waals surface area contributed by atoms with Crippen molar-refractivity contribution in [3.8, 4) is 5.69 Å². The summed E-state index contributed by atoms with van der Waals surface area (Å²) in [6, 6.07) is 3.70. The van der Waals surface area contributed by atoms with Crippen LogP contribution in [-0.4, -0.2) is 25.8 Å². The summed E-state index contributed by atoms with van der Waals surface area (Å²) in [4.78, 5) is 14.7. The zero-order valence-electron chi connectivity index (χ0n) is 11.5. The van der Waals surface area contributed by atoms with Crippen LogP contribution in [0.5, 0.6) is 0 Å². The van der Waals surface area contributed by atoms with E-state index in [1.165, 1.54) is 12.1 Å². The number of aromatic nitrogens is 3. The molecule has 0 saturated heterocycles. The van der Waals surface area contributed by atoms with Crippen molar-refractivity contribution in [2.75, 3.05) is 0 Å². The fraction of sp³-hybridized carbons (Fsp3) is 0.0714. The molecule has 5 nitrogen and oxygen atoms in total. The van der Waals surface area contributed by atoms with Crippen LogP contribution in [0.3, 0.4) is 0 Å². The van der Waals surface area contributed by atoms with E-state index < -0.39 is 29.2 Å². The van der Waals surface area contributed by atoms with Gasteiger partial charge in [0.2, 0.25) is 0 Å². The number of pyridine rings is 1. The van der Waals surface area contributed by atoms with Crippen LogP contribution in [0.4, 0.5) is 17.6 Å². The average molecular weight is 360 g/mol. The first-order valence-electron chi connectivity index (χ1n) is 6.33. The molecule has 0 aliphatic rings. The minimum atomic E-state index is -5.00. The number of hydrogen-bond acceptors (Lipinski definition) is 3. The number of carbonyl (C=O) groups is 1. The Bertz CT molecular complexity index is 960. The molecule has 0 spiro atoms. The van der Waals surface area contributed by atoms with E-state index in [2.05, 4.69) is 10.1 Å². The highest BCUT2D eigenvalue weighted by Gasteiger charge is 2.41. The highest BCUT2D eigenvalue weighted by atomic mass is 35.5. The van der Waals surface area contributed by atoms with Crippen LogP contribution in [0.2, 0.25) is 5.15 Å². The molecule has 24 heavy (non-hydrogen) atoms. The van der Waals surface area contributed by atoms with Gasteiger partial charge < -0.3 is 5.11 Å². The summed E-state index contributed by atoms with van der Waals surface area (Å²) in [5.41, 5.74) is -2.76. The summed E-state index contributed by atoms with van der Waals surface area (Å²) in [7, 11) is 0. The normalized spacial score (nSPS) is 11.9. The molecule has 0 aliphatic carbocycles. The molecule has 0 saturated carbocycles. The topological polar surface area (TPSA) is 68.0 Å². The monoisotopic (exact) mass is 359 g/mol. The Labute approximate surface area is 136 Å². The molecule has 2 aromatic heterocycles. The zero-order chi connectivity index (χ0) is 17.6. The number of fused-ring (bicyclic) bond motifs is 1. The predicted molar refractivity (Wildman–Crippen MR) is 75.8 cm³/mol. The fourth-order valence-corrected chi connectivity index (χ4v) is 2.57. The Hall–Kier alpha value is -2.68. The summed E-state index contributed by atoms with van der Waals surface area (Å²) in [5, 5.41) is 12.0. The number of halogens is 5. The van der Waals surface area contributed by atoms with Crippen LogP contribution in [0.1, 0.15) is 16.1 Å². The molecule has 3 aromatic rings. The maximum atomic E-state index is 13.9. The summed E-state index contributed by atoms with van der Waals surface area (Å²) < 4.78 is 54.2. The molecule has 0 amide bonds. The van der Waals surface area contributed by atoms with Gasteiger partial charge in [-0.05, 0) is 6.07 Å². The quantitative estimate of drug-likeness (QED) is 0.556. The van der Waals surface area contributed by atoms with E-state index >= 15 is 0 Å². The first kappa shape index (κ1) is 16.2. The van der Waals surface area contributed by atoms with Crippen molar-refractivity contribution < 1.29 is 27.5 Å². The SMILES string of the molecule is O=C(O)c1cnn(-c2cnc(Cl)c3c(F)cccc23)c1C(F)(F)F. The molecule has 2 heterocycles. The third-order valence-corrected chi connectivity index (χ3v) is 3.58.